The number of thiocarbonyl (C=S) groups is 1. The van der Waals surface area contributed by atoms with Crippen LogP contribution in [0, 0.1) is 0 Å². The van der Waals surface area contributed by atoms with Crippen molar-refractivity contribution in [2.45, 2.75) is 24.2 Å². The van der Waals surface area contributed by atoms with Crippen LogP contribution in [0.1, 0.15) is 25.0 Å². The van der Waals surface area contributed by atoms with E-state index < -0.39 is 10.0 Å². The maximum atomic E-state index is 12.4. The molecule has 3 N–H and O–H groups in total. The van der Waals surface area contributed by atoms with Crippen molar-refractivity contribution < 1.29 is 13.5 Å². The lowest BCUT2D eigenvalue weighted by Crippen LogP contribution is -2.30. The Balaban J connectivity index is 2.90. The summed E-state index contributed by atoms with van der Waals surface area (Å²) in [6, 6.07) is 2.98. The van der Waals surface area contributed by atoms with Crippen LogP contribution < -0.4 is 5.73 Å². The average Bonchev–Trinajstić information content (AvgIpc) is 2.43. The topological polar surface area (TPSA) is 96.5 Å². The van der Waals surface area contributed by atoms with Crippen LogP contribution in [0.5, 0.6) is 0 Å². The van der Waals surface area contributed by atoms with E-state index in [1.54, 1.807) is 0 Å². The third kappa shape index (κ3) is 4.20. The zero-order chi connectivity index (χ0) is 15.2. The van der Waals surface area contributed by atoms with Crippen LogP contribution in [-0.4, -0.2) is 48.0 Å². The van der Waals surface area contributed by atoms with E-state index in [1.807, 2.05) is 0 Å². The summed E-state index contributed by atoms with van der Waals surface area (Å²) in [6.07, 6.45) is 3.57. The van der Waals surface area contributed by atoms with Crippen LogP contribution in [0.2, 0.25) is 0 Å². The van der Waals surface area contributed by atoms with Crippen LogP contribution in [-0.2, 0) is 10.0 Å². The number of hydrogen-bond donors (Lipinski definition) is 2. The average molecular weight is 317 g/mol. The molecule has 0 atom stereocenters. The highest BCUT2D eigenvalue weighted by Crippen LogP contribution is 2.18. The van der Waals surface area contributed by atoms with E-state index in [0.717, 1.165) is 6.42 Å². The van der Waals surface area contributed by atoms with Gasteiger partial charge in [0.05, 0.1) is 0 Å². The molecule has 0 aliphatic rings. The summed E-state index contributed by atoms with van der Waals surface area (Å²) in [7, 11) is -2.16. The van der Waals surface area contributed by atoms with Crippen molar-refractivity contribution in [3.05, 3.63) is 24.0 Å². The zero-order valence-corrected chi connectivity index (χ0v) is 13.0. The van der Waals surface area contributed by atoms with Crippen LogP contribution in [0.4, 0.5) is 0 Å². The summed E-state index contributed by atoms with van der Waals surface area (Å²) < 4.78 is 26.1. The molecule has 0 radical (unpaired) electrons. The van der Waals surface area contributed by atoms with Crippen molar-refractivity contribution >= 4 is 27.2 Å². The maximum absolute atomic E-state index is 12.4. The molecule has 0 saturated carbocycles. The van der Waals surface area contributed by atoms with Crippen molar-refractivity contribution in [2.75, 3.05) is 20.2 Å². The summed E-state index contributed by atoms with van der Waals surface area (Å²) in [5.41, 5.74) is 5.62. The van der Waals surface area contributed by atoms with Gasteiger partial charge in [-0.3, -0.25) is 4.98 Å². The van der Waals surface area contributed by atoms with Gasteiger partial charge in [-0.15, -0.1) is 0 Å². The number of rotatable bonds is 8. The number of nitrogens with zero attached hydrogens (tertiary/aromatic N) is 2. The van der Waals surface area contributed by atoms with Gasteiger partial charge in [0.25, 0.3) is 0 Å². The van der Waals surface area contributed by atoms with Gasteiger partial charge in [0.2, 0.25) is 10.0 Å². The molecule has 0 bridgehead atoms. The van der Waals surface area contributed by atoms with Gasteiger partial charge >= 0.3 is 0 Å². The highest BCUT2D eigenvalue weighted by molar-refractivity contribution is 7.89. The van der Waals surface area contributed by atoms with E-state index in [1.165, 1.54) is 29.7 Å². The molecule has 0 spiro atoms. The molecule has 0 aliphatic carbocycles. The first-order valence-electron chi connectivity index (χ1n) is 6.23. The van der Waals surface area contributed by atoms with Gasteiger partial charge in [0.15, 0.2) is 0 Å². The molecule has 0 aromatic carbocycles. The highest BCUT2D eigenvalue weighted by Gasteiger charge is 2.25. The zero-order valence-electron chi connectivity index (χ0n) is 11.3. The van der Waals surface area contributed by atoms with Gasteiger partial charge in [-0.1, -0.05) is 12.2 Å². The second-order valence-corrected chi connectivity index (χ2v) is 6.78. The Bertz CT molecular complexity index is 561. The molecule has 1 rings (SSSR count). The van der Waals surface area contributed by atoms with E-state index in [-0.39, 0.29) is 22.2 Å². The van der Waals surface area contributed by atoms with Crippen molar-refractivity contribution in [2.24, 2.45) is 5.73 Å². The van der Waals surface area contributed by atoms with Crippen molar-refractivity contribution in [3.63, 3.8) is 0 Å². The Morgan fingerprint density at radius 3 is 2.75 bits per heavy atom. The number of nitrogens with two attached hydrogens (primary N) is 1. The lowest BCUT2D eigenvalue weighted by Gasteiger charge is -2.18. The molecular formula is C12H19N3O3S2. The predicted molar refractivity (Wildman–Crippen MR) is 80.9 cm³/mol. The summed E-state index contributed by atoms with van der Waals surface area (Å²) in [5, 5.41) is 8.70. The van der Waals surface area contributed by atoms with Gasteiger partial charge in [0, 0.05) is 26.4 Å². The molecule has 20 heavy (non-hydrogen) atoms. The van der Waals surface area contributed by atoms with Crippen LogP contribution in [0.25, 0.3) is 0 Å². The molecule has 0 aliphatic heterocycles. The molecule has 8 heteroatoms. The fourth-order valence-corrected chi connectivity index (χ4v) is 3.28. The van der Waals surface area contributed by atoms with Gasteiger partial charge in [-0.2, -0.15) is 0 Å². The Morgan fingerprint density at radius 2 is 2.15 bits per heavy atom. The van der Waals surface area contributed by atoms with Gasteiger partial charge < -0.3 is 10.8 Å². The number of hydrogen-bond acceptors (Lipinski definition) is 5. The summed E-state index contributed by atoms with van der Waals surface area (Å²) >= 11 is 4.83. The monoisotopic (exact) mass is 317 g/mol. The lowest BCUT2D eigenvalue weighted by molar-refractivity contribution is 0.281. The fraction of sp³-hybridized carbons (Fsp3) is 0.500. The number of aliphatic hydroxyl groups is 1. The molecule has 112 valence electrons. The van der Waals surface area contributed by atoms with E-state index >= 15 is 0 Å². The minimum atomic E-state index is -3.66. The van der Waals surface area contributed by atoms with Gasteiger partial charge in [0.1, 0.15) is 15.6 Å². The summed E-state index contributed by atoms with van der Waals surface area (Å²) in [5.74, 6) is 0. The molecule has 1 aromatic heterocycles. The number of sulfonamides is 1. The molecule has 0 amide bonds. The SMILES string of the molecule is CN(CCCCCO)S(=O)(=O)c1cccnc1C(N)=S. The molecular weight excluding hydrogens is 298 g/mol. The molecule has 0 unspecified atom stereocenters. The third-order valence-corrected chi connectivity index (χ3v) is 4.91. The third-order valence-electron chi connectivity index (χ3n) is 2.82. The number of aliphatic hydroxyl groups excluding tert-OH is 1. The Morgan fingerprint density at radius 1 is 1.45 bits per heavy atom. The standard InChI is InChI=1S/C12H19N3O3S2/c1-15(8-3-2-4-9-16)20(17,18)10-6-5-7-14-11(10)12(13)19/h5-7,16H,2-4,8-9H2,1H3,(H2,13,19). The lowest BCUT2D eigenvalue weighted by atomic mass is 10.2. The minimum absolute atomic E-state index is 0.0251. The van der Waals surface area contributed by atoms with Gasteiger partial charge in [-0.05, 0) is 31.4 Å². The van der Waals surface area contributed by atoms with Crippen molar-refractivity contribution in [1.29, 1.82) is 0 Å². The van der Waals surface area contributed by atoms with Crippen molar-refractivity contribution in [3.8, 4) is 0 Å². The quantitative estimate of drug-likeness (QED) is 0.535. The van der Waals surface area contributed by atoms with Crippen LogP contribution >= 0.6 is 12.2 Å². The second kappa shape index (κ2) is 7.63. The number of pyridine rings is 1. The normalized spacial score (nSPS) is 11.8. The van der Waals surface area contributed by atoms with Crippen LogP contribution in [0.15, 0.2) is 23.2 Å². The van der Waals surface area contributed by atoms with Gasteiger partial charge in [-0.25, -0.2) is 12.7 Å². The Labute approximate surface area is 124 Å². The fourth-order valence-electron chi connectivity index (χ4n) is 1.69. The highest BCUT2D eigenvalue weighted by atomic mass is 32.2. The first-order valence-corrected chi connectivity index (χ1v) is 8.08. The minimum Gasteiger partial charge on any atom is -0.396 e. The Kier molecular flexibility index (Phi) is 6.47. The maximum Gasteiger partial charge on any atom is 0.245 e. The molecule has 1 aromatic rings. The first kappa shape index (κ1) is 17.0. The second-order valence-electron chi connectivity index (χ2n) is 4.33. The molecule has 6 nitrogen and oxygen atoms in total. The predicted octanol–water partition coefficient (Wildman–Crippen LogP) is 0.499. The number of unbranched alkanes of at least 4 members (excludes halogenated alkanes) is 2. The number of aromatic nitrogens is 1. The first-order chi connectivity index (χ1) is 9.41. The van der Waals surface area contributed by atoms with E-state index in [9.17, 15) is 8.42 Å². The molecule has 1 heterocycles. The summed E-state index contributed by atoms with van der Waals surface area (Å²) in [6.45, 7) is 0.485. The van der Waals surface area contributed by atoms with Crippen LogP contribution in [0.3, 0.4) is 0 Å². The summed E-state index contributed by atoms with van der Waals surface area (Å²) in [4.78, 5) is 3.91. The Hall–Kier alpha value is -1.09. The molecule has 0 saturated heterocycles. The van der Waals surface area contributed by atoms with Crippen molar-refractivity contribution in [1.82, 2.24) is 9.29 Å². The van der Waals surface area contributed by atoms with E-state index in [0.29, 0.717) is 19.4 Å². The van der Waals surface area contributed by atoms with E-state index in [4.69, 9.17) is 23.1 Å². The largest absolute Gasteiger partial charge is 0.396 e. The smallest absolute Gasteiger partial charge is 0.245 e. The van der Waals surface area contributed by atoms with E-state index in [2.05, 4.69) is 4.98 Å². The molecule has 0 fully saturated rings.